The highest BCUT2D eigenvalue weighted by atomic mass is 16.1. The van der Waals surface area contributed by atoms with Crippen LogP contribution in [-0.4, -0.2) is 10.2 Å². The zero-order valence-corrected chi connectivity index (χ0v) is 8.53. The van der Waals surface area contributed by atoms with Gasteiger partial charge >= 0.3 is 0 Å². The van der Waals surface area contributed by atoms with Crippen LogP contribution < -0.4 is 5.56 Å². The fraction of sp³-hybridized carbons (Fsp3) is 0.167. The summed E-state index contributed by atoms with van der Waals surface area (Å²) in [6, 6.07) is 9.69. The first kappa shape index (κ1) is 9.65. The molecular weight excluding hydrogens is 188 g/mol. The van der Waals surface area contributed by atoms with Gasteiger partial charge in [0.1, 0.15) is 0 Å². The predicted octanol–water partition coefficient (Wildman–Crippen LogP) is 2.00. The van der Waals surface area contributed by atoms with Crippen molar-refractivity contribution < 1.29 is 0 Å². The van der Waals surface area contributed by atoms with Gasteiger partial charge in [-0.25, -0.2) is 5.10 Å². The van der Waals surface area contributed by atoms with Crippen LogP contribution in [0.4, 0.5) is 0 Å². The molecule has 1 aromatic heterocycles. The summed E-state index contributed by atoms with van der Waals surface area (Å²) in [5.41, 5.74) is 2.98. The Kier molecular flexibility index (Phi) is 2.63. The highest BCUT2D eigenvalue weighted by molar-refractivity contribution is 5.62. The van der Waals surface area contributed by atoms with Gasteiger partial charge in [-0.15, -0.1) is 0 Å². The maximum atomic E-state index is 11.1. The summed E-state index contributed by atoms with van der Waals surface area (Å²) in [4.78, 5) is 11.1. The lowest BCUT2D eigenvalue weighted by atomic mass is 10.0. The minimum absolute atomic E-state index is 0.172. The Bertz CT molecular complexity index is 517. The fourth-order valence-corrected chi connectivity index (χ4v) is 1.50. The quantitative estimate of drug-likeness (QED) is 0.805. The molecule has 0 aliphatic rings. The van der Waals surface area contributed by atoms with Crippen molar-refractivity contribution in [3.63, 3.8) is 0 Å². The average Bonchev–Trinajstić information content (AvgIpc) is 2.29. The molecule has 0 amide bonds. The van der Waals surface area contributed by atoms with Crippen LogP contribution in [0.2, 0.25) is 0 Å². The molecule has 0 saturated heterocycles. The van der Waals surface area contributed by atoms with Gasteiger partial charge in [0.2, 0.25) is 0 Å². The van der Waals surface area contributed by atoms with Crippen LogP contribution in [0.15, 0.2) is 41.3 Å². The third-order valence-corrected chi connectivity index (χ3v) is 2.33. The van der Waals surface area contributed by atoms with Crippen LogP contribution in [0.5, 0.6) is 0 Å². The number of benzene rings is 1. The molecule has 2 rings (SSSR count). The van der Waals surface area contributed by atoms with Crippen molar-refractivity contribution in [2.24, 2.45) is 0 Å². The molecular formula is C12H12N2O. The Labute approximate surface area is 87.8 Å². The summed E-state index contributed by atoms with van der Waals surface area (Å²) in [6.07, 6.45) is 2.65. The minimum atomic E-state index is -0.172. The number of nitrogens with zero attached hydrogens (tertiary/aromatic N) is 1. The molecule has 1 heterocycles. The molecule has 0 unspecified atom stereocenters. The summed E-state index contributed by atoms with van der Waals surface area (Å²) >= 11 is 0. The van der Waals surface area contributed by atoms with Crippen LogP contribution in [0.1, 0.15) is 12.5 Å². The van der Waals surface area contributed by atoms with Crippen LogP contribution >= 0.6 is 0 Å². The van der Waals surface area contributed by atoms with Gasteiger partial charge < -0.3 is 0 Å². The second-order valence-corrected chi connectivity index (χ2v) is 3.39. The summed E-state index contributed by atoms with van der Waals surface area (Å²) < 4.78 is 0. The van der Waals surface area contributed by atoms with Gasteiger partial charge in [0.05, 0.1) is 6.20 Å². The third kappa shape index (κ3) is 2.13. The van der Waals surface area contributed by atoms with Gasteiger partial charge in [0, 0.05) is 11.6 Å². The summed E-state index contributed by atoms with van der Waals surface area (Å²) in [7, 11) is 0. The molecule has 0 atom stereocenters. The number of rotatable bonds is 2. The van der Waals surface area contributed by atoms with Crippen molar-refractivity contribution in [2.45, 2.75) is 13.3 Å². The molecule has 0 spiro atoms. The van der Waals surface area contributed by atoms with Gasteiger partial charge in [-0.2, -0.15) is 5.10 Å². The lowest BCUT2D eigenvalue weighted by Gasteiger charge is -2.02. The number of nitrogens with one attached hydrogen (secondary N) is 1. The van der Waals surface area contributed by atoms with Crippen molar-refractivity contribution in [3.8, 4) is 11.1 Å². The molecule has 0 fully saturated rings. The summed E-state index contributed by atoms with van der Waals surface area (Å²) in [5, 5.41) is 6.14. The minimum Gasteiger partial charge on any atom is -0.268 e. The second kappa shape index (κ2) is 4.09. The predicted molar refractivity (Wildman–Crippen MR) is 59.7 cm³/mol. The molecule has 0 saturated carbocycles. The Morgan fingerprint density at radius 1 is 1.27 bits per heavy atom. The van der Waals surface area contributed by atoms with Crippen LogP contribution in [0.25, 0.3) is 11.1 Å². The Hall–Kier alpha value is -1.90. The van der Waals surface area contributed by atoms with E-state index in [2.05, 4.69) is 29.3 Å². The Balaban J connectivity index is 2.49. The third-order valence-electron chi connectivity index (χ3n) is 2.33. The molecule has 1 aromatic carbocycles. The van der Waals surface area contributed by atoms with E-state index in [0.717, 1.165) is 17.5 Å². The van der Waals surface area contributed by atoms with Crippen molar-refractivity contribution in [1.29, 1.82) is 0 Å². The van der Waals surface area contributed by atoms with Crippen molar-refractivity contribution in [2.75, 3.05) is 0 Å². The van der Waals surface area contributed by atoms with E-state index < -0.39 is 0 Å². The molecule has 0 aliphatic carbocycles. The van der Waals surface area contributed by atoms with Gasteiger partial charge in [-0.3, -0.25) is 4.79 Å². The lowest BCUT2D eigenvalue weighted by molar-refractivity contribution is 0.990. The van der Waals surface area contributed by atoms with E-state index in [1.807, 2.05) is 12.1 Å². The molecule has 15 heavy (non-hydrogen) atoms. The molecule has 1 N–H and O–H groups in total. The zero-order valence-electron chi connectivity index (χ0n) is 8.53. The molecule has 0 aliphatic heterocycles. The fourth-order valence-electron chi connectivity index (χ4n) is 1.50. The molecule has 2 aromatic rings. The normalized spacial score (nSPS) is 10.2. The number of hydrogen-bond acceptors (Lipinski definition) is 2. The summed E-state index contributed by atoms with van der Waals surface area (Å²) in [5.74, 6) is 0. The number of aromatic amines is 1. The van der Waals surface area contributed by atoms with E-state index in [-0.39, 0.29) is 5.56 Å². The number of aryl methyl sites for hydroxylation is 1. The van der Waals surface area contributed by atoms with Gasteiger partial charge in [-0.1, -0.05) is 31.2 Å². The number of aromatic nitrogens is 2. The van der Waals surface area contributed by atoms with Crippen LogP contribution in [0, 0.1) is 0 Å². The smallest absolute Gasteiger partial charge is 0.264 e. The lowest BCUT2D eigenvalue weighted by Crippen LogP contribution is -2.05. The van der Waals surface area contributed by atoms with E-state index in [1.54, 1.807) is 12.3 Å². The summed E-state index contributed by atoms with van der Waals surface area (Å²) in [6.45, 7) is 2.11. The Morgan fingerprint density at radius 2 is 2.13 bits per heavy atom. The monoisotopic (exact) mass is 200 g/mol. The Morgan fingerprint density at radius 3 is 2.87 bits per heavy atom. The van der Waals surface area contributed by atoms with E-state index in [4.69, 9.17) is 0 Å². The molecule has 0 radical (unpaired) electrons. The second-order valence-electron chi connectivity index (χ2n) is 3.39. The van der Waals surface area contributed by atoms with E-state index in [1.165, 1.54) is 5.56 Å². The average molecular weight is 200 g/mol. The SMILES string of the molecule is CCc1cccc(-c2cn[nH]c(=O)c2)c1. The van der Waals surface area contributed by atoms with E-state index in [9.17, 15) is 4.79 Å². The van der Waals surface area contributed by atoms with E-state index in [0.29, 0.717) is 0 Å². The van der Waals surface area contributed by atoms with Crippen LogP contribution in [-0.2, 0) is 6.42 Å². The van der Waals surface area contributed by atoms with Gasteiger partial charge in [0.25, 0.3) is 5.56 Å². The molecule has 76 valence electrons. The van der Waals surface area contributed by atoms with Crippen molar-refractivity contribution >= 4 is 0 Å². The number of hydrogen-bond donors (Lipinski definition) is 1. The van der Waals surface area contributed by atoms with Crippen molar-refractivity contribution in [3.05, 3.63) is 52.4 Å². The van der Waals surface area contributed by atoms with Crippen LogP contribution in [0.3, 0.4) is 0 Å². The number of H-pyrrole nitrogens is 1. The maximum Gasteiger partial charge on any atom is 0.264 e. The molecule has 3 heteroatoms. The first-order valence-electron chi connectivity index (χ1n) is 4.93. The zero-order chi connectivity index (χ0) is 10.7. The topological polar surface area (TPSA) is 45.8 Å². The maximum absolute atomic E-state index is 11.1. The first-order valence-corrected chi connectivity index (χ1v) is 4.93. The van der Waals surface area contributed by atoms with E-state index >= 15 is 0 Å². The van der Waals surface area contributed by atoms with Gasteiger partial charge in [0.15, 0.2) is 0 Å². The molecule has 0 bridgehead atoms. The van der Waals surface area contributed by atoms with Gasteiger partial charge in [-0.05, 0) is 17.5 Å². The highest BCUT2D eigenvalue weighted by Gasteiger charge is 1.99. The standard InChI is InChI=1S/C12H12N2O/c1-2-9-4-3-5-10(6-9)11-7-12(15)14-13-8-11/h3-8H,2H2,1H3,(H,14,15). The highest BCUT2D eigenvalue weighted by Crippen LogP contribution is 2.17. The largest absolute Gasteiger partial charge is 0.268 e. The first-order chi connectivity index (χ1) is 7.29. The van der Waals surface area contributed by atoms with Crippen molar-refractivity contribution in [1.82, 2.24) is 10.2 Å². The molecule has 3 nitrogen and oxygen atoms in total.